The van der Waals surface area contributed by atoms with Gasteiger partial charge in [0.1, 0.15) is 0 Å². The number of amides is 1. The average Bonchev–Trinajstić information content (AvgIpc) is 2.46. The Morgan fingerprint density at radius 2 is 1.82 bits per heavy atom. The lowest BCUT2D eigenvalue weighted by Crippen LogP contribution is -2.22. The number of carbonyl (C=O) groups is 1. The Hall–Kier alpha value is -1.60. The van der Waals surface area contributed by atoms with Crippen LogP contribution < -0.4 is 10.0 Å². The van der Waals surface area contributed by atoms with E-state index in [-0.39, 0.29) is 12.5 Å². The minimum atomic E-state index is -2.39. The summed E-state index contributed by atoms with van der Waals surface area (Å²) in [6, 6.07) is 11.1. The minimum absolute atomic E-state index is 0.263. The highest BCUT2D eigenvalue weighted by molar-refractivity contribution is 7.80. The van der Waals surface area contributed by atoms with E-state index in [4.69, 9.17) is 23.2 Å². The molecular weight excluding hydrogens is 347 g/mol. The maximum absolute atomic E-state index is 12.0. The van der Waals surface area contributed by atoms with Crippen molar-refractivity contribution in [1.82, 2.24) is 5.32 Å². The third-order valence-electron chi connectivity index (χ3n) is 2.80. The van der Waals surface area contributed by atoms with E-state index in [1.165, 1.54) is 24.3 Å². The van der Waals surface area contributed by atoms with E-state index >= 15 is 0 Å². The second-order valence-electron chi connectivity index (χ2n) is 4.33. The van der Waals surface area contributed by atoms with Crippen LogP contribution in [0.4, 0.5) is 5.69 Å². The Balaban J connectivity index is 1.98. The Labute approximate surface area is 140 Å². The van der Waals surface area contributed by atoms with Crippen LogP contribution in [0.15, 0.2) is 42.5 Å². The van der Waals surface area contributed by atoms with Crippen molar-refractivity contribution >= 4 is 46.1 Å². The van der Waals surface area contributed by atoms with Crippen LogP contribution in [0.5, 0.6) is 0 Å². The molecule has 0 aliphatic heterocycles. The summed E-state index contributed by atoms with van der Waals surface area (Å²) in [6.45, 7) is 0.263. The minimum Gasteiger partial charge on any atom is -0.755 e. The number of nitrogens with one attached hydrogen (secondary N) is 2. The van der Waals surface area contributed by atoms with Crippen molar-refractivity contribution in [3.63, 3.8) is 0 Å². The molecular formula is C14H11Cl2N2O3S-. The van der Waals surface area contributed by atoms with Crippen molar-refractivity contribution in [3.05, 3.63) is 63.6 Å². The van der Waals surface area contributed by atoms with Gasteiger partial charge >= 0.3 is 0 Å². The van der Waals surface area contributed by atoms with Crippen molar-refractivity contribution in [1.29, 1.82) is 0 Å². The first-order valence-corrected chi connectivity index (χ1v) is 7.97. The highest BCUT2D eigenvalue weighted by atomic mass is 35.5. The Morgan fingerprint density at radius 3 is 2.41 bits per heavy atom. The first kappa shape index (κ1) is 16.8. The number of hydrogen-bond donors (Lipinski definition) is 2. The average molecular weight is 358 g/mol. The number of hydrogen-bond acceptors (Lipinski definition) is 3. The predicted octanol–water partition coefficient (Wildman–Crippen LogP) is 3.13. The zero-order valence-corrected chi connectivity index (χ0v) is 13.5. The van der Waals surface area contributed by atoms with Crippen molar-refractivity contribution in [2.45, 2.75) is 6.54 Å². The largest absolute Gasteiger partial charge is 0.755 e. The first-order chi connectivity index (χ1) is 10.5. The summed E-state index contributed by atoms with van der Waals surface area (Å²) in [5, 5.41) is 3.73. The number of benzene rings is 2. The van der Waals surface area contributed by atoms with Crippen molar-refractivity contribution in [3.8, 4) is 0 Å². The molecule has 22 heavy (non-hydrogen) atoms. The fraction of sp³-hybridized carbons (Fsp3) is 0.0714. The summed E-state index contributed by atoms with van der Waals surface area (Å²) in [5.41, 5.74) is 1.54. The Kier molecular flexibility index (Phi) is 5.79. The summed E-state index contributed by atoms with van der Waals surface area (Å²) >= 11 is 9.44. The van der Waals surface area contributed by atoms with E-state index in [0.29, 0.717) is 21.3 Å². The zero-order valence-electron chi connectivity index (χ0n) is 11.1. The van der Waals surface area contributed by atoms with E-state index in [0.717, 1.165) is 5.56 Å². The third-order valence-corrected chi connectivity index (χ3v) is 3.79. The fourth-order valence-electron chi connectivity index (χ4n) is 1.73. The van der Waals surface area contributed by atoms with Gasteiger partial charge in [-0.05, 0) is 42.0 Å². The normalized spacial score (nSPS) is 11.8. The van der Waals surface area contributed by atoms with Gasteiger partial charge in [-0.2, -0.15) is 0 Å². The first-order valence-electron chi connectivity index (χ1n) is 6.14. The number of rotatable bonds is 5. The number of carbonyl (C=O) groups excluding carboxylic acids is 1. The van der Waals surface area contributed by atoms with Crippen LogP contribution in [0.25, 0.3) is 0 Å². The Bertz CT molecular complexity index is 708. The summed E-state index contributed by atoms with van der Waals surface area (Å²) in [5.74, 6) is -0.291. The quantitative estimate of drug-likeness (QED) is 0.806. The summed E-state index contributed by atoms with van der Waals surface area (Å²) in [7, 11) is 0. The van der Waals surface area contributed by atoms with Crippen LogP contribution in [0.3, 0.4) is 0 Å². The van der Waals surface area contributed by atoms with E-state index in [9.17, 15) is 13.6 Å². The molecule has 1 unspecified atom stereocenters. The molecule has 8 heteroatoms. The maximum Gasteiger partial charge on any atom is 0.251 e. The highest BCUT2D eigenvalue weighted by Gasteiger charge is 2.07. The molecule has 1 amide bonds. The van der Waals surface area contributed by atoms with Gasteiger partial charge in [-0.15, -0.1) is 0 Å². The molecule has 0 aliphatic rings. The van der Waals surface area contributed by atoms with E-state index in [2.05, 4.69) is 10.0 Å². The summed E-state index contributed by atoms with van der Waals surface area (Å²) in [6.07, 6.45) is 0. The molecule has 2 aromatic rings. The summed E-state index contributed by atoms with van der Waals surface area (Å²) < 4.78 is 23.2. The smallest absolute Gasteiger partial charge is 0.251 e. The van der Waals surface area contributed by atoms with Crippen molar-refractivity contribution in [2.24, 2.45) is 0 Å². The summed E-state index contributed by atoms with van der Waals surface area (Å²) in [4.78, 5) is 12.0. The molecule has 0 spiro atoms. The fourth-order valence-corrected chi connectivity index (χ4v) is 2.53. The lowest BCUT2D eigenvalue weighted by atomic mass is 10.2. The molecule has 0 heterocycles. The van der Waals surface area contributed by atoms with Gasteiger partial charge in [0.05, 0.1) is 0 Å². The predicted molar refractivity (Wildman–Crippen MR) is 86.6 cm³/mol. The van der Waals surface area contributed by atoms with E-state index < -0.39 is 11.3 Å². The molecule has 5 nitrogen and oxygen atoms in total. The van der Waals surface area contributed by atoms with Crippen molar-refractivity contribution in [2.75, 3.05) is 4.72 Å². The molecule has 2 rings (SSSR count). The monoisotopic (exact) mass is 357 g/mol. The van der Waals surface area contributed by atoms with Gasteiger partial charge in [-0.1, -0.05) is 29.3 Å². The topological polar surface area (TPSA) is 81.3 Å². The Morgan fingerprint density at radius 1 is 1.14 bits per heavy atom. The third kappa shape index (κ3) is 4.71. The van der Waals surface area contributed by atoms with Gasteiger partial charge in [0.15, 0.2) is 0 Å². The van der Waals surface area contributed by atoms with Gasteiger partial charge in [-0.3, -0.25) is 9.00 Å². The molecule has 116 valence electrons. The SMILES string of the molecule is O=C(NCc1ccc(Cl)cc1Cl)c1ccc(NS(=O)[O-])cc1. The van der Waals surface area contributed by atoms with Crippen molar-refractivity contribution < 1.29 is 13.6 Å². The molecule has 0 fully saturated rings. The molecule has 0 radical (unpaired) electrons. The van der Waals surface area contributed by atoms with E-state index in [1.54, 1.807) is 18.2 Å². The van der Waals surface area contributed by atoms with E-state index in [1.807, 2.05) is 0 Å². The number of anilines is 1. The van der Waals surface area contributed by atoms with Gasteiger partial charge in [-0.25, -0.2) is 0 Å². The van der Waals surface area contributed by atoms with Gasteiger partial charge < -0.3 is 14.6 Å². The molecule has 0 saturated carbocycles. The van der Waals surface area contributed by atoms with Crippen LogP contribution in [-0.4, -0.2) is 14.7 Å². The highest BCUT2D eigenvalue weighted by Crippen LogP contribution is 2.20. The standard InChI is InChI=1S/C14H12Cl2N2O3S/c15-11-4-1-10(13(16)7-11)8-17-14(19)9-2-5-12(6-3-9)18-22(20)21/h1-7,18H,8H2,(H,17,19)(H,20,21)/p-1. The molecule has 0 bridgehead atoms. The molecule has 0 saturated heterocycles. The molecule has 1 atom stereocenters. The lowest BCUT2D eigenvalue weighted by molar-refractivity contribution is 0.0951. The zero-order chi connectivity index (χ0) is 16.1. The van der Waals surface area contributed by atoms with Crippen LogP contribution in [0.2, 0.25) is 10.0 Å². The van der Waals surface area contributed by atoms with Crippen LogP contribution in [-0.2, 0) is 17.8 Å². The second kappa shape index (κ2) is 7.60. The van der Waals surface area contributed by atoms with Gasteiger partial charge in [0, 0.05) is 39.1 Å². The molecule has 0 aromatic heterocycles. The van der Waals surface area contributed by atoms with Crippen LogP contribution >= 0.6 is 23.2 Å². The maximum atomic E-state index is 12.0. The molecule has 0 aliphatic carbocycles. The molecule has 2 N–H and O–H groups in total. The number of halogens is 2. The van der Waals surface area contributed by atoms with Crippen LogP contribution in [0.1, 0.15) is 15.9 Å². The van der Waals surface area contributed by atoms with Gasteiger partial charge in [0.25, 0.3) is 5.91 Å². The second-order valence-corrected chi connectivity index (χ2v) is 5.85. The van der Waals surface area contributed by atoms with Gasteiger partial charge in [0.2, 0.25) is 0 Å². The molecule has 2 aromatic carbocycles. The van der Waals surface area contributed by atoms with Crippen LogP contribution in [0, 0.1) is 0 Å². The lowest BCUT2D eigenvalue weighted by Gasteiger charge is -2.10.